The van der Waals surface area contributed by atoms with Crippen molar-refractivity contribution < 1.29 is 0 Å². The number of thiophene rings is 1. The van der Waals surface area contributed by atoms with Gasteiger partial charge in [0.2, 0.25) is 0 Å². The number of fused-ring (bicyclic) bond motifs is 12. The summed E-state index contributed by atoms with van der Waals surface area (Å²) in [7, 11) is 0. The van der Waals surface area contributed by atoms with Crippen molar-refractivity contribution in [2.75, 3.05) is 0 Å². The van der Waals surface area contributed by atoms with Crippen LogP contribution in [-0.4, -0.2) is 4.40 Å². The average molecular weight is 373 g/mol. The standard InChI is InChI=1S/C26H15NS/c1-2-8-17-16(7-1)15-27-22-14-13-21-18-9-5-6-12-23(18)28-26(21)24(22)19-10-3-4-11-20(19)25(17)27/h1-15H. The molecule has 2 heteroatoms. The van der Waals surface area contributed by atoms with E-state index in [1.165, 1.54) is 58.1 Å². The minimum Gasteiger partial charge on any atom is -0.315 e. The van der Waals surface area contributed by atoms with E-state index in [0.29, 0.717) is 0 Å². The zero-order chi connectivity index (χ0) is 18.2. The summed E-state index contributed by atoms with van der Waals surface area (Å²) in [4.78, 5) is 0. The molecule has 0 spiro atoms. The van der Waals surface area contributed by atoms with Crippen molar-refractivity contribution in [3.05, 3.63) is 91.1 Å². The van der Waals surface area contributed by atoms with Crippen LogP contribution in [0.3, 0.4) is 0 Å². The lowest BCUT2D eigenvalue weighted by Crippen LogP contribution is -1.89. The van der Waals surface area contributed by atoms with Gasteiger partial charge in [-0.1, -0.05) is 72.8 Å². The van der Waals surface area contributed by atoms with Gasteiger partial charge in [0.15, 0.2) is 0 Å². The van der Waals surface area contributed by atoms with Crippen LogP contribution in [0.2, 0.25) is 0 Å². The van der Waals surface area contributed by atoms with Crippen LogP contribution in [0.25, 0.3) is 58.1 Å². The minimum atomic E-state index is 1.28. The Morgan fingerprint density at radius 2 is 1.29 bits per heavy atom. The van der Waals surface area contributed by atoms with Crippen molar-refractivity contribution in [1.82, 2.24) is 4.40 Å². The highest BCUT2D eigenvalue weighted by molar-refractivity contribution is 7.26. The zero-order valence-electron chi connectivity index (χ0n) is 15.0. The van der Waals surface area contributed by atoms with Crippen LogP contribution in [0.15, 0.2) is 91.1 Å². The molecule has 0 bridgehead atoms. The lowest BCUT2D eigenvalue weighted by atomic mass is 10.0. The highest BCUT2D eigenvalue weighted by Crippen LogP contribution is 2.43. The number of nitrogens with zero attached hydrogens (tertiary/aromatic N) is 1. The van der Waals surface area contributed by atoms with E-state index < -0.39 is 0 Å². The van der Waals surface area contributed by atoms with Crippen LogP contribution >= 0.6 is 11.3 Å². The van der Waals surface area contributed by atoms with Crippen LogP contribution in [0.5, 0.6) is 0 Å². The molecule has 130 valence electrons. The fourth-order valence-corrected chi connectivity index (χ4v) is 6.03. The van der Waals surface area contributed by atoms with Gasteiger partial charge in [-0.2, -0.15) is 0 Å². The normalized spacial score (nSPS) is 12.3. The summed E-state index contributed by atoms with van der Waals surface area (Å²) < 4.78 is 5.13. The fourth-order valence-electron chi connectivity index (χ4n) is 4.77. The molecule has 4 aromatic carbocycles. The van der Waals surface area contributed by atoms with Crippen molar-refractivity contribution in [3.8, 4) is 0 Å². The van der Waals surface area contributed by atoms with E-state index in [4.69, 9.17) is 0 Å². The number of pyridine rings is 1. The molecule has 3 heterocycles. The molecule has 0 saturated carbocycles. The Bertz CT molecular complexity index is 1710. The maximum Gasteiger partial charge on any atom is 0.0613 e. The summed E-state index contributed by atoms with van der Waals surface area (Å²) in [5, 5.41) is 9.34. The predicted molar refractivity (Wildman–Crippen MR) is 123 cm³/mol. The van der Waals surface area contributed by atoms with Crippen molar-refractivity contribution in [2.24, 2.45) is 0 Å². The van der Waals surface area contributed by atoms with Crippen LogP contribution in [0, 0.1) is 0 Å². The van der Waals surface area contributed by atoms with Gasteiger partial charge >= 0.3 is 0 Å². The third-order valence-corrected chi connectivity index (χ3v) is 7.17. The Morgan fingerprint density at radius 1 is 0.571 bits per heavy atom. The molecule has 0 aliphatic rings. The molecule has 0 radical (unpaired) electrons. The van der Waals surface area contributed by atoms with Crippen LogP contribution in [-0.2, 0) is 0 Å². The van der Waals surface area contributed by atoms with Crippen LogP contribution in [0.1, 0.15) is 0 Å². The lowest BCUT2D eigenvalue weighted by molar-refractivity contribution is 1.30. The first-order valence-corrected chi connectivity index (χ1v) is 10.4. The van der Waals surface area contributed by atoms with E-state index in [9.17, 15) is 0 Å². The maximum atomic E-state index is 2.40. The van der Waals surface area contributed by atoms with Gasteiger partial charge in [-0.25, -0.2) is 0 Å². The second kappa shape index (κ2) is 5.12. The highest BCUT2D eigenvalue weighted by Gasteiger charge is 2.16. The molecule has 0 unspecified atom stereocenters. The lowest BCUT2D eigenvalue weighted by Gasteiger charge is -2.10. The first-order valence-electron chi connectivity index (χ1n) is 9.55. The Hall–Kier alpha value is -3.36. The predicted octanol–water partition coefficient (Wildman–Crippen LogP) is 7.77. The SMILES string of the molecule is c1ccc2c(c1)cn1c3ccc4c5ccccc5sc4c3c3ccccc3c21. The molecule has 3 aromatic heterocycles. The molecular weight excluding hydrogens is 358 g/mol. The third kappa shape index (κ3) is 1.71. The topological polar surface area (TPSA) is 4.41 Å². The summed E-state index contributed by atoms with van der Waals surface area (Å²) >= 11 is 1.91. The van der Waals surface area contributed by atoms with Crippen molar-refractivity contribution >= 4 is 69.5 Å². The molecule has 7 aromatic rings. The van der Waals surface area contributed by atoms with E-state index in [1.807, 2.05) is 11.3 Å². The molecular formula is C26H15NS. The molecule has 0 saturated heterocycles. The van der Waals surface area contributed by atoms with Gasteiger partial charge in [0, 0.05) is 47.9 Å². The summed E-state index contributed by atoms with van der Waals surface area (Å²) in [6, 6.07) is 30.9. The highest BCUT2D eigenvalue weighted by atomic mass is 32.1. The van der Waals surface area contributed by atoms with Gasteiger partial charge < -0.3 is 4.40 Å². The molecule has 7 rings (SSSR count). The minimum absolute atomic E-state index is 1.28. The first-order chi connectivity index (χ1) is 13.9. The van der Waals surface area contributed by atoms with Crippen LogP contribution < -0.4 is 0 Å². The van der Waals surface area contributed by atoms with Gasteiger partial charge in [-0.15, -0.1) is 11.3 Å². The molecule has 0 atom stereocenters. The average Bonchev–Trinajstić information content (AvgIpc) is 3.32. The maximum absolute atomic E-state index is 2.40. The van der Waals surface area contributed by atoms with Gasteiger partial charge in [-0.3, -0.25) is 0 Å². The zero-order valence-corrected chi connectivity index (χ0v) is 15.8. The van der Waals surface area contributed by atoms with E-state index in [0.717, 1.165) is 0 Å². The van der Waals surface area contributed by atoms with Gasteiger partial charge in [0.25, 0.3) is 0 Å². The largest absolute Gasteiger partial charge is 0.315 e. The van der Waals surface area contributed by atoms with Gasteiger partial charge in [0.1, 0.15) is 0 Å². The molecule has 28 heavy (non-hydrogen) atoms. The number of rotatable bonds is 0. The summed E-state index contributed by atoms with van der Waals surface area (Å²) in [5.74, 6) is 0. The smallest absolute Gasteiger partial charge is 0.0613 e. The Morgan fingerprint density at radius 3 is 2.18 bits per heavy atom. The second-order valence-corrected chi connectivity index (χ2v) is 8.47. The number of aromatic nitrogens is 1. The quantitative estimate of drug-likeness (QED) is 0.239. The van der Waals surface area contributed by atoms with Crippen molar-refractivity contribution in [1.29, 1.82) is 0 Å². The molecule has 0 fully saturated rings. The van der Waals surface area contributed by atoms with E-state index in [2.05, 4.69) is 95.5 Å². The summed E-state index contributed by atoms with van der Waals surface area (Å²) in [5.41, 5.74) is 2.59. The second-order valence-electron chi connectivity index (χ2n) is 7.42. The monoisotopic (exact) mass is 373 g/mol. The molecule has 1 nitrogen and oxygen atoms in total. The van der Waals surface area contributed by atoms with E-state index in [1.54, 1.807) is 0 Å². The molecule has 0 amide bonds. The Balaban J connectivity index is 1.87. The molecule has 0 aliphatic carbocycles. The Labute approximate surface area is 165 Å². The van der Waals surface area contributed by atoms with E-state index >= 15 is 0 Å². The molecule has 0 N–H and O–H groups in total. The summed E-state index contributed by atoms with van der Waals surface area (Å²) in [6.45, 7) is 0. The first kappa shape index (κ1) is 14.7. The van der Waals surface area contributed by atoms with Crippen molar-refractivity contribution in [2.45, 2.75) is 0 Å². The fraction of sp³-hybridized carbons (Fsp3) is 0. The number of hydrogen-bond donors (Lipinski definition) is 0. The van der Waals surface area contributed by atoms with Crippen molar-refractivity contribution in [3.63, 3.8) is 0 Å². The summed E-state index contributed by atoms with van der Waals surface area (Å²) in [6.07, 6.45) is 2.29. The van der Waals surface area contributed by atoms with E-state index in [-0.39, 0.29) is 0 Å². The van der Waals surface area contributed by atoms with Gasteiger partial charge in [-0.05, 0) is 17.5 Å². The molecule has 0 aliphatic heterocycles. The van der Waals surface area contributed by atoms with Crippen LogP contribution in [0.4, 0.5) is 0 Å². The van der Waals surface area contributed by atoms with Gasteiger partial charge in [0.05, 0.1) is 11.0 Å². The number of benzene rings is 4. The number of hydrogen-bond acceptors (Lipinski definition) is 1. The third-order valence-electron chi connectivity index (χ3n) is 5.96. The Kier molecular flexibility index (Phi) is 2.68.